The lowest BCUT2D eigenvalue weighted by atomic mass is 10.3. The van der Waals surface area contributed by atoms with Crippen LogP contribution in [0.15, 0.2) is 48.5 Å². The van der Waals surface area contributed by atoms with Crippen LogP contribution < -0.4 is 10.6 Å². The van der Waals surface area contributed by atoms with E-state index in [9.17, 15) is 9.59 Å². The average molecular weight is 510 g/mol. The predicted molar refractivity (Wildman–Crippen MR) is 137 cm³/mol. The maximum Gasteiger partial charge on any atom is 0.283 e. The van der Waals surface area contributed by atoms with Crippen molar-refractivity contribution in [2.24, 2.45) is 0 Å². The largest absolute Gasteiger partial charge is 0.323 e. The number of rotatable bonds is 6. The van der Waals surface area contributed by atoms with Crippen LogP contribution in [-0.4, -0.2) is 39.6 Å². The van der Waals surface area contributed by atoms with E-state index in [0.29, 0.717) is 10.0 Å². The Morgan fingerprint density at radius 3 is 1.45 bits per heavy atom. The molecule has 0 fully saturated rings. The molecule has 0 unspecified atom stereocenters. The molecule has 0 aliphatic rings. The summed E-state index contributed by atoms with van der Waals surface area (Å²) in [6.07, 6.45) is 7.54. The molecule has 0 aromatic heterocycles. The highest BCUT2D eigenvalue weighted by atomic mass is 35.5. The van der Waals surface area contributed by atoms with E-state index in [4.69, 9.17) is 23.2 Å². The van der Waals surface area contributed by atoms with Crippen LogP contribution >= 0.6 is 70.2 Å². The quantitative estimate of drug-likeness (QED) is 0.400. The Hall–Kier alpha value is -0.640. The summed E-state index contributed by atoms with van der Waals surface area (Å²) in [5.74, 6) is -0.00711. The molecule has 0 spiro atoms. The number of nitrogens with one attached hydrogen (secondary N) is 2. The van der Waals surface area contributed by atoms with Gasteiger partial charge in [-0.15, -0.1) is 35.3 Å². The first kappa shape index (κ1) is 26.4. The molecule has 4 nitrogen and oxygen atoms in total. The molecule has 0 radical (unpaired) electrons. The second-order valence-electron chi connectivity index (χ2n) is 5.25. The molecule has 2 aromatic rings. The smallest absolute Gasteiger partial charge is 0.283 e. The molecule has 0 bridgehead atoms. The van der Waals surface area contributed by atoms with E-state index >= 15 is 0 Å². The van der Waals surface area contributed by atoms with Gasteiger partial charge in [-0.05, 0) is 73.6 Å². The van der Waals surface area contributed by atoms with Crippen LogP contribution in [0.1, 0.15) is 0 Å². The molecule has 158 valence electrons. The third-order valence-corrected chi connectivity index (χ3v) is 9.61. The zero-order valence-electron chi connectivity index (χ0n) is 16.3. The third kappa shape index (κ3) is 8.94. The lowest BCUT2D eigenvalue weighted by Gasteiger charge is -2.26. The fourth-order valence-electron chi connectivity index (χ4n) is 1.97. The Kier molecular flexibility index (Phi) is 12.4. The Balaban J connectivity index is 0.000000308. The molecule has 0 atom stereocenters. The van der Waals surface area contributed by atoms with Gasteiger partial charge in [-0.25, -0.2) is 0 Å². The minimum Gasteiger partial charge on any atom is -0.323 e. The van der Waals surface area contributed by atoms with Gasteiger partial charge in [0.15, 0.2) is 3.41 Å². The van der Waals surface area contributed by atoms with Crippen LogP contribution in [0.3, 0.4) is 0 Å². The summed E-state index contributed by atoms with van der Waals surface area (Å²) < 4.78 is -0.500. The molecule has 0 saturated heterocycles. The molecular formula is C19H22Cl2N2O2S4. The number of hydrogen-bond acceptors (Lipinski definition) is 6. The standard InChI is InChI=1S/C11H14ClNOS3.C8H8ClNOS/c1-15-11(16-2,17-3)10(14)13-9-6-4-8(12)5-7-9;1-12-8(11)10-7-4-2-6(9)3-5-7/h4-7H,1-3H3,(H,13,14);2-5H,1H3,(H,10,11). The minimum atomic E-state index is -0.500. The van der Waals surface area contributed by atoms with Gasteiger partial charge < -0.3 is 10.6 Å². The first-order chi connectivity index (χ1) is 13.8. The van der Waals surface area contributed by atoms with E-state index in [0.717, 1.165) is 23.1 Å². The van der Waals surface area contributed by atoms with Gasteiger partial charge in [0.25, 0.3) is 11.1 Å². The van der Waals surface area contributed by atoms with Crippen LogP contribution in [0.4, 0.5) is 16.2 Å². The monoisotopic (exact) mass is 508 g/mol. The van der Waals surface area contributed by atoms with E-state index in [2.05, 4.69) is 10.6 Å². The van der Waals surface area contributed by atoms with Crippen molar-refractivity contribution in [3.63, 3.8) is 0 Å². The summed E-state index contributed by atoms with van der Waals surface area (Å²) in [5, 5.41) is 6.84. The highest BCUT2D eigenvalue weighted by Gasteiger charge is 2.36. The molecule has 0 aliphatic carbocycles. The molecule has 0 saturated carbocycles. The zero-order valence-corrected chi connectivity index (χ0v) is 21.1. The zero-order chi connectivity index (χ0) is 21.9. The van der Waals surface area contributed by atoms with Crippen molar-refractivity contribution in [2.75, 3.05) is 35.7 Å². The number of carbonyl (C=O) groups is 2. The third-order valence-electron chi connectivity index (χ3n) is 3.46. The molecule has 10 heteroatoms. The van der Waals surface area contributed by atoms with Crippen LogP contribution in [0.2, 0.25) is 10.0 Å². The van der Waals surface area contributed by atoms with Crippen LogP contribution in [0.5, 0.6) is 0 Å². The summed E-state index contributed by atoms with van der Waals surface area (Å²) >= 11 is 17.2. The van der Waals surface area contributed by atoms with Crippen LogP contribution in [0.25, 0.3) is 0 Å². The number of amides is 2. The van der Waals surface area contributed by atoms with Gasteiger partial charge in [-0.2, -0.15) is 0 Å². The normalized spacial score (nSPS) is 10.6. The summed E-state index contributed by atoms with van der Waals surface area (Å²) in [7, 11) is 0. The summed E-state index contributed by atoms with van der Waals surface area (Å²) in [6, 6.07) is 14.1. The number of thioether (sulfide) groups is 4. The average Bonchev–Trinajstić information content (AvgIpc) is 2.73. The lowest BCUT2D eigenvalue weighted by molar-refractivity contribution is -0.114. The van der Waals surface area contributed by atoms with Gasteiger partial charge in [0.2, 0.25) is 0 Å². The van der Waals surface area contributed by atoms with Crippen molar-refractivity contribution in [3.05, 3.63) is 58.6 Å². The summed E-state index contributed by atoms with van der Waals surface area (Å²) in [4.78, 5) is 23.1. The molecule has 2 amide bonds. The van der Waals surface area contributed by atoms with E-state index in [-0.39, 0.29) is 11.1 Å². The van der Waals surface area contributed by atoms with Crippen molar-refractivity contribution in [1.29, 1.82) is 0 Å². The van der Waals surface area contributed by atoms with Crippen molar-refractivity contribution in [2.45, 2.75) is 3.41 Å². The first-order valence-electron chi connectivity index (χ1n) is 8.13. The maximum absolute atomic E-state index is 12.2. The molecule has 29 heavy (non-hydrogen) atoms. The van der Waals surface area contributed by atoms with Crippen LogP contribution in [-0.2, 0) is 4.79 Å². The van der Waals surface area contributed by atoms with Crippen molar-refractivity contribution in [3.8, 4) is 0 Å². The Morgan fingerprint density at radius 1 is 0.724 bits per heavy atom. The maximum atomic E-state index is 12.2. The Labute approximate surface area is 199 Å². The molecular weight excluding hydrogens is 487 g/mol. The van der Waals surface area contributed by atoms with Gasteiger partial charge in [0.05, 0.1) is 0 Å². The number of benzene rings is 2. The number of carbonyl (C=O) groups excluding carboxylic acids is 2. The van der Waals surface area contributed by atoms with Crippen molar-refractivity contribution < 1.29 is 9.59 Å². The predicted octanol–water partition coefficient (Wildman–Crippen LogP) is 7.26. The van der Waals surface area contributed by atoms with Gasteiger partial charge in [0.1, 0.15) is 0 Å². The van der Waals surface area contributed by atoms with Gasteiger partial charge in [-0.1, -0.05) is 35.0 Å². The molecule has 2 rings (SSSR count). The minimum absolute atomic E-state index is 0.00711. The highest BCUT2D eigenvalue weighted by Crippen LogP contribution is 2.43. The topological polar surface area (TPSA) is 58.2 Å². The molecule has 2 N–H and O–H groups in total. The number of hydrogen-bond donors (Lipinski definition) is 2. The molecule has 0 heterocycles. The van der Waals surface area contributed by atoms with Gasteiger partial charge in [-0.3, -0.25) is 9.59 Å². The fraction of sp³-hybridized carbons (Fsp3) is 0.263. The Morgan fingerprint density at radius 2 is 1.10 bits per heavy atom. The van der Waals surface area contributed by atoms with Crippen LogP contribution in [0, 0.1) is 0 Å². The van der Waals surface area contributed by atoms with E-state index in [1.165, 1.54) is 35.3 Å². The van der Waals surface area contributed by atoms with Gasteiger partial charge in [0, 0.05) is 21.4 Å². The first-order valence-corrected chi connectivity index (χ1v) is 13.8. The van der Waals surface area contributed by atoms with Crippen molar-refractivity contribution in [1.82, 2.24) is 0 Å². The second kappa shape index (κ2) is 13.6. The molecule has 0 aliphatic heterocycles. The van der Waals surface area contributed by atoms with E-state index < -0.39 is 3.41 Å². The number of anilines is 2. The second-order valence-corrected chi connectivity index (χ2v) is 10.7. The summed E-state index contributed by atoms with van der Waals surface area (Å²) in [6.45, 7) is 0. The van der Waals surface area contributed by atoms with E-state index in [1.54, 1.807) is 54.8 Å². The molecule has 2 aromatic carbocycles. The lowest BCUT2D eigenvalue weighted by Crippen LogP contribution is -2.33. The number of halogens is 2. The Bertz CT molecular complexity index is 778. The van der Waals surface area contributed by atoms with E-state index in [1.807, 2.05) is 18.8 Å². The van der Waals surface area contributed by atoms with Gasteiger partial charge >= 0.3 is 0 Å². The SMILES string of the molecule is CSC(=O)Nc1ccc(Cl)cc1.CSC(SC)(SC)C(=O)Nc1ccc(Cl)cc1. The summed E-state index contributed by atoms with van der Waals surface area (Å²) in [5.41, 5.74) is 1.53. The fourth-order valence-corrected chi connectivity index (χ4v) is 5.15. The highest BCUT2D eigenvalue weighted by molar-refractivity contribution is 8.34. The van der Waals surface area contributed by atoms with Crippen molar-refractivity contribution >= 4 is 92.8 Å².